The standard InChI is InChI=1S/C41H25N3S/c1-2-10-28(11-3-1)39-42-40(44-41(43-39)36-15-8-14-35-34-13-6-7-16-37(34)45-38(35)36)32-22-19-27-18-21-31(24-33(27)25-32)30-20-17-26-9-4-5-12-29(26)23-30/h1-25H. The van der Waals surface area contributed by atoms with E-state index in [9.17, 15) is 0 Å². The highest BCUT2D eigenvalue weighted by Gasteiger charge is 2.16. The van der Waals surface area contributed by atoms with Gasteiger partial charge in [0, 0.05) is 36.9 Å². The molecule has 0 bridgehead atoms. The smallest absolute Gasteiger partial charge is 0.165 e. The zero-order chi connectivity index (χ0) is 29.7. The average Bonchev–Trinajstić information content (AvgIpc) is 3.50. The van der Waals surface area contributed by atoms with E-state index in [0.29, 0.717) is 17.5 Å². The first-order valence-corrected chi connectivity index (χ1v) is 15.8. The van der Waals surface area contributed by atoms with Crippen molar-refractivity contribution in [2.24, 2.45) is 0 Å². The quantitative estimate of drug-likeness (QED) is 0.204. The fourth-order valence-corrected chi connectivity index (χ4v) is 7.41. The van der Waals surface area contributed by atoms with Crippen molar-refractivity contribution in [3.05, 3.63) is 152 Å². The Hall–Kier alpha value is -5.71. The Morgan fingerprint density at radius 3 is 1.76 bits per heavy atom. The number of benzene rings is 7. The predicted octanol–water partition coefficient (Wildman–Crippen LogP) is 11.2. The average molecular weight is 592 g/mol. The Kier molecular flexibility index (Phi) is 6.00. The molecule has 9 aromatic rings. The van der Waals surface area contributed by atoms with Crippen molar-refractivity contribution in [1.82, 2.24) is 15.0 Å². The van der Waals surface area contributed by atoms with Crippen LogP contribution < -0.4 is 0 Å². The molecule has 0 radical (unpaired) electrons. The maximum Gasteiger partial charge on any atom is 0.165 e. The molecule has 0 saturated heterocycles. The summed E-state index contributed by atoms with van der Waals surface area (Å²) < 4.78 is 2.45. The first-order chi connectivity index (χ1) is 22.3. The topological polar surface area (TPSA) is 38.7 Å². The van der Waals surface area contributed by atoms with Crippen LogP contribution in [0.4, 0.5) is 0 Å². The third kappa shape index (κ3) is 4.55. The SMILES string of the molecule is c1ccc(-c2nc(-c3ccc4ccc(-c5ccc6ccccc6c5)cc4c3)nc(-c3cccc4c3sc3ccccc34)n2)cc1. The van der Waals surface area contributed by atoms with E-state index in [0.717, 1.165) is 22.1 Å². The number of hydrogen-bond donors (Lipinski definition) is 0. The molecule has 0 N–H and O–H groups in total. The van der Waals surface area contributed by atoms with Gasteiger partial charge in [0.2, 0.25) is 0 Å². The second-order valence-electron chi connectivity index (χ2n) is 11.3. The van der Waals surface area contributed by atoms with Crippen LogP contribution in [0, 0.1) is 0 Å². The molecule has 210 valence electrons. The highest BCUT2D eigenvalue weighted by molar-refractivity contribution is 7.26. The normalized spacial score (nSPS) is 11.6. The van der Waals surface area contributed by atoms with E-state index in [4.69, 9.17) is 15.0 Å². The number of fused-ring (bicyclic) bond motifs is 5. The van der Waals surface area contributed by atoms with E-state index in [1.165, 1.54) is 47.5 Å². The molecular formula is C41H25N3S. The van der Waals surface area contributed by atoms with Gasteiger partial charge in [0.15, 0.2) is 17.5 Å². The van der Waals surface area contributed by atoms with E-state index in [-0.39, 0.29) is 0 Å². The molecule has 45 heavy (non-hydrogen) atoms. The zero-order valence-corrected chi connectivity index (χ0v) is 25.0. The number of rotatable bonds is 4. The van der Waals surface area contributed by atoms with Crippen LogP contribution >= 0.6 is 11.3 Å². The monoisotopic (exact) mass is 591 g/mol. The molecule has 0 amide bonds. The van der Waals surface area contributed by atoms with Gasteiger partial charge in [-0.1, -0.05) is 121 Å². The Morgan fingerprint density at radius 1 is 0.356 bits per heavy atom. The lowest BCUT2D eigenvalue weighted by Gasteiger charge is -2.10. The van der Waals surface area contributed by atoms with Crippen molar-refractivity contribution >= 4 is 53.1 Å². The molecule has 0 unspecified atom stereocenters. The first-order valence-electron chi connectivity index (χ1n) is 15.0. The summed E-state index contributed by atoms with van der Waals surface area (Å²) in [5.41, 5.74) is 5.33. The Balaban J connectivity index is 1.21. The molecule has 2 aromatic heterocycles. The number of thiophene rings is 1. The summed E-state index contributed by atoms with van der Waals surface area (Å²) in [4.78, 5) is 15.2. The Labute approximate surface area is 264 Å². The molecule has 0 saturated carbocycles. The van der Waals surface area contributed by atoms with Gasteiger partial charge in [-0.15, -0.1) is 11.3 Å². The minimum absolute atomic E-state index is 0.662. The third-order valence-electron chi connectivity index (χ3n) is 8.49. The summed E-state index contributed by atoms with van der Waals surface area (Å²) >= 11 is 1.79. The molecule has 0 aliphatic carbocycles. The summed E-state index contributed by atoms with van der Waals surface area (Å²) in [6.07, 6.45) is 0. The lowest BCUT2D eigenvalue weighted by molar-refractivity contribution is 1.08. The summed E-state index contributed by atoms with van der Waals surface area (Å²) in [7, 11) is 0. The van der Waals surface area contributed by atoms with E-state index < -0.39 is 0 Å². The summed E-state index contributed by atoms with van der Waals surface area (Å²) in [6, 6.07) is 53.4. The van der Waals surface area contributed by atoms with Crippen LogP contribution in [-0.2, 0) is 0 Å². The molecule has 9 rings (SSSR count). The lowest BCUT2D eigenvalue weighted by atomic mass is 9.98. The van der Waals surface area contributed by atoms with Gasteiger partial charge in [-0.3, -0.25) is 0 Å². The summed E-state index contributed by atoms with van der Waals surface area (Å²) in [5, 5.41) is 7.29. The van der Waals surface area contributed by atoms with Gasteiger partial charge in [-0.2, -0.15) is 0 Å². The fourth-order valence-electron chi connectivity index (χ4n) is 6.20. The van der Waals surface area contributed by atoms with Crippen LogP contribution in [0.5, 0.6) is 0 Å². The minimum Gasteiger partial charge on any atom is -0.208 e. The van der Waals surface area contributed by atoms with Gasteiger partial charge in [0.1, 0.15) is 0 Å². The largest absolute Gasteiger partial charge is 0.208 e. The molecule has 2 heterocycles. The predicted molar refractivity (Wildman–Crippen MR) is 189 cm³/mol. The Bertz CT molecular complexity index is 2550. The van der Waals surface area contributed by atoms with Gasteiger partial charge < -0.3 is 0 Å². The molecule has 4 heteroatoms. The van der Waals surface area contributed by atoms with Crippen molar-refractivity contribution in [3.8, 4) is 45.3 Å². The van der Waals surface area contributed by atoms with Crippen molar-refractivity contribution < 1.29 is 0 Å². The number of nitrogens with zero attached hydrogens (tertiary/aromatic N) is 3. The van der Waals surface area contributed by atoms with Gasteiger partial charge in [0.05, 0.1) is 0 Å². The molecule has 0 aliphatic heterocycles. The van der Waals surface area contributed by atoms with Crippen LogP contribution in [0.25, 0.3) is 87.0 Å². The highest BCUT2D eigenvalue weighted by Crippen LogP contribution is 2.39. The van der Waals surface area contributed by atoms with E-state index in [2.05, 4.69) is 133 Å². The van der Waals surface area contributed by atoms with Crippen LogP contribution in [0.15, 0.2) is 152 Å². The molecule has 3 nitrogen and oxygen atoms in total. The summed E-state index contributed by atoms with van der Waals surface area (Å²) in [6.45, 7) is 0. The van der Waals surface area contributed by atoms with Crippen molar-refractivity contribution in [2.45, 2.75) is 0 Å². The van der Waals surface area contributed by atoms with Crippen LogP contribution in [-0.4, -0.2) is 15.0 Å². The molecule has 0 spiro atoms. The maximum absolute atomic E-state index is 5.13. The van der Waals surface area contributed by atoms with Crippen LogP contribution in [0.3, 0.4) is 0 Å². The van der Waals surface area contributed by atoms with Crippen LogP contribution in [0.1, 0.15) is 0 Å². The summed E-state index contributed by atoms with van der Waals surface area (Å²) in [5.74, 6) is 2.01. The molecule has 0 fully saturated rings. The second kappa shape index (κ2) is 10.5. The first kappa shape index (κ1) is 25.8. The molecule has 0 aliphatic rings. The van der Waals surface area contributed by atoms with Gasteiger partial charge in [-0.05, 0) is 63.0 Å². The van der Waals surface area contributed by atoms with E-state index in [1.807, 2.05) is 18.2 Å². The minimum atomic E-state index is 0.662. The van der Waals surface area contributed by atoms with Crippen LogP contribution in [0.2, 0.25) is 0 Å². The highest BCUT2D eigenvalue weighted by atomic mass is 32.1. The van der Waals surface area contributed by atoms with Gasteiger partial charge >= 0.3 is 0 Å². The van der Waals surface area contributed by atoms with Gasteiger partial charge in [0.25, 0.3) is 0 Å². The maximum atomic E-state index is 5.13. The molecular weight excluding hydrogens is 567 g/mol. The van der Waals surface area contributed by atoms with E-state index in [1.54, 1.807) is 11.3 Å². The third-order valence-corrected chi connectivity index (χ3v) is 9.71. The fraction of sp³-hybridized carbons (Fsp3) is 0. The van der Waals surface area contributed by atoms with Crippen molar-refractivity contribution in [3.63, 3.8) is 0 Å². The van der Waals surface area contributed by atoms with Crippen molar-refractivity contribution in [1.29, 1.82) is 0 Å². The molecule has 0 atom stereocenters. The van der Waals surface area contributed by atoms with Crippen molar-refractivity contribution in [2.75, 3.05) is 0 Å². The zero-order valence-electron chi connectivity index (χ0n) is 24.2. The number of hydrogen-bond acceptors (Lipinski definition) is 4. The molecule has 7 aromatic carbocycles. The lowest BCUT2D eigenvalue weighted by Crippen LogP contribution is -2.00. The second-order valence-corrected chi connectivity index (χ2v) is 12.3. The van der Waals surface area contributed by atoms with E-state index >= 15 is 0 Å². The number of aromatic nitrogens is 3. The van der Waals surface area contributed by atoms with Gasteiger partial charge in [-0.25, -0.2) is 15.0 Å². The Morgan fingerprint density at radius 2 is 0.933 bits per heavy atom.